The van der Waals surface area contributed by atoms with Crippen molar-refractivity contribution in [1.29, 1.82) is 0 Å². The molecule has 1 aromatic carbocycles. The number of rotatable bonds is 4. The van der Waals surface area contributed by atoms with E-state index in [1.165, 1.54) is 51.6 Å². The van der Waals surface area contributed by atoms with Gasteiger partial charge in [0, 0.05) is 5.54 Å². The Balaban J connectivity index is 1.98. The standard InChI is InChI=1S/C18H27FN2/c1-14-11-15(13-16(19)12-14)17(20-2)18(7-3-4-8-18)21-9-5-6-10-21/h11-13,17,20H,3-10H2,1-2H3. The van der Waals surface area contributed by atoms with Crippen molar-refractivity contribution >= 4 is 0 Å². The highest BCUT2D eigenvalue weighted by molar-refractivity contribution is 5.30. The first kappa shape index (κ1) is 15.0. The third-order valence-corrected chi connectivity index (χ3v) is 5.43. The van der Waals surface area contributed by atoms with Crippen molar-refractivity contribution in [3.05, 3.63) is 35.1 Å². The predicted molar refractivity (Wildman–Crippen MR) is 84.9 cm³/mol. The van der Waals surface area contributed by atoms with Crippen LogP contribution in [0.25, 0.3) is 0 Å². The number of likely N-dealkylation sites (tertiary alicyclic amines) is 1. The zero-order valence-electron chi connectivity index (χ0n) is 13.3. The van der Waals surface area contributed by atoms with Gasteiger partial charge in [-0.2, -0.15) is 0 Å². The highest BCUT2D eigenvalue weighted by Crippen LogP contribution is 2.46. The van der Waals surface area contributed by atoms with Crippen LogP contribution in [0.5, 0.6) is 0 Å². The van der Waals surface area contributed by atoms with E-state index in [0.717, 1.165) is 11.1 Å². The molecule has 1 heterocycles. The fourth-order valence-corrected chi connectivity index (χ4v) is 4.61. The molecule has 3 rings (SSSR count). The van der Waals surface area contributed by atoms with Crippen LogP contribution in [0.2, 0.25) is 0 Å². The molecule has 2 fully saturated rings. The molecule has 0 radical (unpaired) electrons. The van der Waals surface area contributed by atoms with E-state index in [1.54, 1.807) is 12.1 Å². The minimum atomic E-state index is -0.111. The van der Waals surface area contributed by atoms with Crippen molar-refractivity contribution in [2.45, 2.75) is 57.0 Å². The van der Waals surface area contributed by atoms with Gasteiger partial charge in [-0.15, -0.1) is 0 Å². The fraction of sp³-hybridized carbons (Fsp3) is 0.667. The van der Waals surface area contributed by atoms with Crippen LogP contribution in [-0.4, -0.2) is 30.6 Å². The molecule has 1 aliphatic carbocycles. The summed E-state index contributed by atoms with van der Waals surface area (Å²) in [7, 11) is 2.03. The number of nitrogens with zero attached hydrogens (tertiary/aromatic N) is 1. The minimum absolute atomic E-state index is 0.111. The van der Waals surface area contributed by atoms with Gasteiger partial charge in [0.05, 0.1) is 6.04 Å². The Hall–Kier alpha value is -0.930. The van der Waals surface area contributed by atoms with Crippen LogP contribution in [0.15, 0.2) is 18.2 Å². The summed E-state index contributed by atoms with van der Waals surface area (Å²) >= 11 is 0. The van der Waals surface area contributed by atoms with Gasteiger partial charge in [-0.25, -0.2) is 4.39 Å². The lowest BCUT2D eigenvalue weighted by Crippen LogP contribution is -2.53. The van der Waals surface area contributed by atoms with Crippen molar-refractivity contribution in [3.8, 4) is 0 Å². The van der Waals surface area contributed by atoms with Gasteiger partial charge in [0.15, 0.2) is 0 Å². The molecule has 1 saturated heterocycles. The molecule has 1 unspecified atom stereocenters. The number of benzene rings is 1. The van der Waals surface area contributed by atoms with E-state index >= 15 is 0 Å². The van der Waals surface area contributed by atoms with Crippen LogP contribution in [-0.2, 0) is 0 Å². The molecule has 1 N–H and O–H groups in total. The molecule has 2 aliphatic rings. The molecule has 116 valence electrons. The summed E-state index contributed by atoms with van der Waals surface area (Å²) in [4.78, 5) is 2.68. The van der Waals surface area contributed by atoms with Gasteiger partial charge < -0.3 is 5.32 Å². The van der Waals surface area contributed by atoms with E-state index in [0.29, 0.717) is 0 Å². The summed E-state index contributed by atoms with van der Waals surface area (Å²) in [6.07, 6.45) is 7.66. The first-order valence-corrected chi connectivity index (χ1v) is 8.35. The van der Waals surface area contributed by atoms with E-state index < -0.39 is 0 Å². The van der Waals surface area contributed by atoms with Crippen molar-refractivity contribution in [2.75, 3.05) is 20.1 Å². The second-order valence-electron chi connectivity index (χ2n) is 6.79. The van der Waals surface area contributed by atoms with Crippen molar-refractivity contribution in [3.63, 3.8) is 0 Å². The zero-order valence-corrected chi connectivity index (χ0v) is 13.3. The molecule has 1 saturated carbocycles. The number of nitrogens with one attached hydrogen (secondary N) is 1. The molecule has 2 nitrogen and oxygen atoms in total. The van der Waals surface area contributed by atoms with E-state index in [-0.39, 0.29) is 17.4 Å². The first-order chi connectivity index (χ1) is 10.2. The molecule has 1 atom stereocenters. The lowest BCUT2D eigenvalue weighted by Gasteiger charge is -2.45. The molecule has 3 heteroatoms. The smallest absolute Gasteiger partial charge is 0.123 e. The largest absolute Gasteiger partial charge is 0.311 e. The van der Waals surface area contributed by atoms with Crippen molar-refractivity contribution in [1.82, 2.24) is 10.2 Å². The summed E-state index contributed by atoms with van der Waals surface area (Å²) in [5.41, 5.74) is 2.31. The van der Waals surface area contributed by atoms with E-state index in [4.69, 9.17) is 0 Å². The predicted octanol–water partition coefficient (Wildman–Crippen LogP) is 3.80. The van der Waals surface area contributed by atoms with Crippen LogP contribution in [0.4, 0.5) is 4.39 Å². The molecule has 0 spiro atoms. The number of halogens is 1. The van der Waals surface area contributed by atoms with E-state index in [2.05, 4.69) is 16.3 Å². The lowest BCUT2D eigenvalue weighted by molar-refractivity contribution is 0.0795. The quantitative estimate of drug-likeness (QED) is 0.907. The third-order valence-electron chi connectivity index (χ3n) is 5.43. The second kappa shape index (κ2) is 6.05. The average Bonchev–Trinajstić information content (AvgIpc) is 3.10. The maximum atomic E-state index is 13.9. The number of likely N-dealkylation sites (N-methyl/N-ethyl adjacent to an activating group) is 1. The summed E-state index contributed by atoms with van der Waals surface area (Å²) < 4.78 is 13.9. The van der Waals surface area contributed by atoms with Crippen molar-refractivity contribution in [2.24, 2.45) is 0 Å². The Morgan fingerprint density at radius 2 is 1.76 bits per heavy atom. The molecular formula is C18H27FN2. The topological polar surface area (TPSA) is 15.3 Å². The highest BCUT2D eigenvalue weighted by atomic mass is 19.1. The van der Waals surface area contributed by atoms with Crippen molar-refractivity contribution < 1.29 is 4.39 Å². The zero-order chi connectivity index (χ0) is 14.9. The second-order valence-corrected chi connectivity index (χ2v) is 6.79. The molecule has 0 aromatic heterocycles. The van der Waals surface area contributed by atoms with E-state index in [9.17, 15) is 4.39 Å². The number of hydrogen-bond acceptors (Lipinski definition) is 2. The van der Waals surface area contributed by atoms with Gasteiger partial charge in [0.25, 0.3) is 0 Å². The summed E-state index contributed by atoms with van der Waals surface area (Å²) in [6, 6.07) is 5.73. The Morgan fingerprint density at radius 3 is 2.33 bits per heavy atom. The van der Waals surface area contributed by atoms with Crippen LogP contribution >= 0.6 is 0 Å². The summed E-state index contributed by atoms with van der Waals surface area (Å²) in [5.74, 6) is -0.111. The van der Waals surface area contributed by atoms with Gasteiger partial charge >= 0.3 is 0 Å². The summed E-state index contributed by atoms with van der Waals surface area (Å²) in [5, 5.41) is 3.52. The van der Waals surface area contributed by atoms with Gasteiger partial charge in [-0.1, -0.05) is 18.9 Å². The van der Waals surface area contributed by atoms with Gasteiger partial charge in [0.2, 0.25) is 0 Å². The lowest BCUT2D eigenvalue weighted by atomic mass is 9.81. The normalized spacial score (nSPS) is 23.6. The van der Waals surface area contributed by atoms with Crippen LogP contribution in [0.3, 0.4) is 0 Å². The Morgan fingerprint density at radius 1 is 1.10 bits per heavy atom. The SMILES string of the molecule is CNC(c1cc(C)cc(F)c1)C1(N2CCCC2)CCCC1. The maximum absolute atomic E-state index is 13.9. The first-order valence-electron chi connectivity index (χ1n) is 8.35. The molecule has 21 heavy (non-hydrogen) atoms. The molecule has 1 aliphatic heterocycles. The number of aryl methyl sites for hydroxylation is 1. The van der Waals surface area contributed by atoms with Gasteiger partial charge in [-0.05, 0) is 76.0 Å². The highest BCUT2D eigenvalue weighted by Gasteiger charge is 2.46. The monoisotopic (exact) mass is 290 g/mol. The molecular weight excluding hydrogens is 263 g/mol. The summed E-state index contributed by atoms with van der Waals surface area (Å²) in [6.45, 7) is 4.38. The Bertz CT molecular complexity index is 468. The van der Waals surface area contributed by atoms with Crippen LogP contribution in [0, 0.1) is 12.7 Å². The van der Waals surface area contributed by atoms with E-state index in [1.807, 2.05) is 14.0 Å². The maximum Gasteiger partial charge on any atom is 0.123 e. The van der Waals surface area contributed by atoms with Gasteiger partial charge in [0.1, 0.15) is 5.82 Å². The molecule has 0 amide bonds. The molecule has 1 aromatic rings. The number of hydrogen-bond donors (Lipinski definition) is 1. The average molecular weight is 290 g/mol. The minimum Gasteiger partial charge on any atom is -0.311 e. The third kappa shape index (κ3) is 2.74. The van der Waals surface area contributed by atoms with Crippen LogP contribution < -0.4 is 5.32 Å². The Kier molecular flexibility index (Phi) is 4.32. The van der Waals surface area contributed by atoms with Crippen LogP contribution in [0.1, 0.15) is 55.7 Å². The molecule has 0 bridgehead atoms. The fourth-order valence-electron chi connectivity index (χ4n) is 4.61. The van der Waals surface area contributed by atoms with Gasteiger partial charge in [-0.3, -0.25) is 4.90 Å². The Labute approximate surface area is 127 Å².